The van der Waals surface area contributed by atoms with Crippen molar-refractivity contribution in [1.29, 1.82) is 5.26 Å². The minimum atomic E-state index is -0.452. The summed E-state index contributed by atoms with van der Waals surface area (Å²) in [7, 11) is 0. The van der Waals surface area contributed by atoms with Crippen molar-refractivity contribution in [2.75, 3.05) is 5.32 Å². The van der Waals surface area contributed by atoms with Gasteiger partial charge in [0.2, 0.25) is 0 Å². The number of carbonyl (C=O) groups is 1. The molecule has 0 aliphatic carbocycles. The Bertz CT molecular complexity index is 734. The quantitative estimate of drug-likeness (QED) is 0.883. The van der Waals surface area contributed by atoms with E-state index in [1.807, 2.05) is 57.2 Å². The number of nitriles is 1. The second-order valence-electron chi connectivity index (χ2n) is 5.77. The first-order chi connectivity index (χ1) is 11.0. The normalized spacial score (nSPS) is 12.8. The number of nitrogens with one attached hydrogen (secondary N) is 2. The Balaban J connectivity index is 2.17. The van der Waals surface area contributed by atoms with E-state index in [-0.39, 0.29) is 6.03 Å². The molecule has 4 nitrogen and oxygen atoms in total. The fourth-order valence-corrected chi connectivity index (χ4v) is 2.40. The Morgan fingerprint density at radius 1 is 1.22 bits per heavy atom. The molecule has 2 rings (SSSR count). The summed E-state index contributed by atoms with van der Waals surface area (Å²) in [5.41, 5.74) is 2.68. The molecule has 2 aromatic carbocycles. The van der Waals surface area contributed by atoms with Gasteiger partial charge >= 0.3 is 6.03 Å². The maximum absolute atomic E-state index is 12.4. The molecule has 2 aromatic rings. The molecule has 4 heteroatoms. The Morgan fingerprint density at radius 2 is 1.91 bits per heavy atom. The summed E-state index contributed by atoms with van der Waals surface area (Å²) < 4.78 is 0. The van der Waals surface area contributed by atoms with E-state index in [0.29, 0.717) is 11.3 Å². The molecule has 1 unspecified atom stereocenters. The van der Waals surface area contributed by atoms with Crippen LogP contribution in [0.3, 0.4) is 0 Å². The number of amides is 2. The number of aryl methyl sites for hydroxylation is 1. The molecule has 0 spiro atoms. The summed E-state index contributed by atoms with van der Waals surface area (Å²) in [6.07, 6.45) is 0.766. The standard InChI is InChI=1S/C19H21N3O/c1-4-19(3,16-8-6-5-7-9-16)22-18(23)21-17-12-15(13-20)11-10-14(17)2/h5-12H,4H2,1-3H3,(H2,21,22,23). The third-order valence-electron chi connectivity index (χ3n) is 4.12. The lowest BCUT2D eigenvalue weighted by Gasteiger charge is -2.30. The van der Waals surface area contributed by atoms with Crippen molar-refractivity contribution in [2.24, 2.45) is 0 Å². The zero-order valence-electron chi connectivity index (χ0n) is 13.7. The van der Waals surface area contributed by atoms with Crippen LogP contribution in [0.4, 0.5) is 10.5 Å². The lowest BCUT2D eigenvalue weighted by atomic mass is 9.89. The molecule has 0 saturated carbocycles. The minimum Gasteiger partial charge on any atom is -0.329 e. The predicted molar refractivity (Wildman–Crippen MR) is 92.1 cm³/mol. The maximum Gasteiger partial charge on any atom is 0.319 e. The van der Waals surface area contributed by atoms with Crippen LogP contribution in [-0.2, 0) is 5.54 Å². The van der Waals surface area contributed by atoms with E-state index >= 15 is 0 Å². The van der Waals surface area contributed by atoms with Gasteiger partial charge in [-0.15, -0.1) is 0 Å². The summed E-state index contributed by atoms with van der Waals surface area (Å²) in [4.78, 5) is 12.4. The van der Waals surface area contributed by atoms with Crippen LogP contribution in [0.25, 0.3) is 0 Å². The van der Waals surface area contributed by atoms with Crippen LogP contribution >= 0.6 is 0 Å². The van der Waals surface area contributed by atoms with Gasteiger partial charge in [0.25, 0.3) is 0 Å². The zero-order chi connectivity index (χ0) is 16.9. The molecule has 0 bridgehead atoms. The van der Waals surface area contributed by atoms with Crippen molar-refractivity contribution in [3.05, 3.63) is 65.2 Å². The first kappa shape index (κ1) is 16.6. The summed E-state index contributed by atoms with van der Waals surface area (Å²) in [6.45, 7) is 5.93. The molecule has 0 heterocycles. The number of carbonyl (C=O) groups excluding carboxylic acids is 1. The van der Waals surface area contributed by atoms with Gasteiger partial charge < -0.3 is 10.6 Å². The Kier molecular flexibility index (Phi) is 5.02. The van der Waals surface area contributed by atoms with Crippen LogP contribution in [0, 0.1) is 18.3 Å². The van der Waals surface area contributed by atoms with Gasteiger partial charge in [-0.25, -0.2) is 4.79 Å². The average molecular weight is 307 g/mol. The average Bonchev–Trinajstić information content (AvgIpc) is 2.57. The Hall–Kier alpha value is -2.80. The van der Waals surface area contributed by atoms with Crippen molar-refractivity contribution in [1.82, 2.24) is 5.32 Å². The second kappa shape index (κ2) is 6.97. The predicted octanol–water partition coefficient (Wildman–Crippen LogP) is 4.31. The Labute approximate surface area is 137 Å². The first-order valence-corrected chi connectivity index (χ1v) is 7.64. The molecule has 0 fully saturated rings. The summed E-state index contributed by atoms with van der Waals surface area (Å²) in [5.74, 6) is 0. The third kappa shape index (κ3) is 3.89. The SMILES string of the molecule is CCC(C)(NC(=O)Nc1cc(C#N)ccc1C)c1ccccc1. The monoisotopic (exact) mass is 307 g/mol. The van der Waals surface area contributed by atoms with Crippen LogP contribution in [0.2, 0.25) is 0 Å². The van der Waals surface area contributed by atoms with E-state index in [9.17, 15) is 4.79 Å². The fourth-order valence-electron chi connectivity index (χ4n) is 2.40. The number of nitrogens with zero attached hydrogens (tertiary/aromatic N) is 1. The maximum atomic E-state index is 12.4. The highest BCUT2D eigenvalue weighted by atomic mass is 16.2. The lowest BCUT2D eigenvalue weighted by Crippen LogP contribution is -2.45. The number of benzene rings is 2. The smallest absolute Gasteiger partial charge is 0.319 e. The van der Waals surface area contributed by atoms with Crippen LogP contribution in [0.5, 0.6) is 0 Å². The fraction of sp³-hybridized carbons (Fsp3) is 0.263. The molecule has 118 valence electrons. The molecule has 0 aliphatic rings. The highest BCUT2D eigenvalue weighted by molar-refractivity contribution is 5.90. The molecule has 2 amide bonds. The number of hydrogen-bond donors (Lipinski definition) is 2. The molecule has 1 atom stereocenters. The van der Waals surface area contributed by atoms with Crippen molar-refractivity contribution in [2.45, 2.75) is 32.7 Å². The van der Waals surface area contributed by atoms with Gasteiger partial charge in [-0.1, -0.05) is 43.3 Å². The molecular formula is C19H21N3O. The van der Waals surface area contributed by atoms with Crippen LogP contribution < -0.4 is 10.6 Å². The number of rotatable bonds is 4. The summed E-state index contributed by atoms with van der Waals surface area (Å²) in [6, 6.07) is 16.9. The van der Waals surface area contributed by atoms with Gasteiger partial charge in [0.1, 0.15) is 0 Å². The van der Waals surface area contributed by atoms with E-state index in [1.54, 1.807) is 12.1 Å². The third-order valence-corrected chi connectivity index (χ3v) is 4.12. The molecule has 0 aliphatic heterocycles. The molecule has 0 aromatic heterocycles. The number of anilines is 1. The van der Waals surface area contributed by atoms with Crippen LogP contribution in [0.1, 0.15) is 37.0 Å². The number of urea groups is 1. The molecule has 0 saturated heterocycles. The molecule has 2 N–H and O–H groups in total. The lowest BCUT2D eigenvalue weighted by molar-refractivity contribution is 0.238. The van der Waals surface area contributed by atoms with Gasteiger partial charge in [-0.2, -0.15) is 5.26 Å². The molecule has 0 radical (unpaired) electrons. The van der Waals surface area contributed by atoms with E-state index in [0.717, 1.165) is 17.5 Å². The van der Waals surface area contributed by atoms with Gasteiger partial charge in [-0.3, -0.25) is 0 Å². The van der Waals surface area contributed by atoms with E-state index in [2.05, 4.69) is 16.7 Å². The van der Waals surface area contributed by atoms with Crippen LogP contribution in [-0.4, -0.2) is 6.03 Å². The largest absolute Gasteiger partial charge is 0.329 e. The van der Waals surface area contributed by atoms with Crippen molar-refractivity contribution >= 4 is 11.7 Å². The topological polar surface area (TPSA) is 64.9 Å². The molecular weight excluding hydrogens is 286 g/mol. The van der Waals surface area contributed by atoms with E-state index < -0.39 is 5.54 Å². The highest BCUT2D eigenvalue weighted by Crippen LogP contribution is 2.24. The van der Waals surface area contributed by atoms with Gasteiger partial charge in [0.15, 0.2) is 0 Å². The van der Waals surface area contributed by atoms with Crippen LogP contribution in [0.15, 0.2) is 48.5 Å². The highest BCUT2D eigenvalue weighted by Gasteiger charge is 2.26. The van der Waals surface area contributed by atoms with Gasteiger partial charge in [0.05, 0.1) is 17.2 Å². The minimum absolute atomic E-state index is 0.281. The summed E-state index contributed by atoms with van der Waals surface area (Å²) in [5, 5.41) is 14.9. The second-order valence-corrected chi connectivity index (χ2v) is 5.77. The van der Waals surface area contributed by atoms with Crippen molar-refractivity contribution in [3.8, 4) is 6.07 Å². The van der Waals surface area contributed by atoms with Crippen molar-refractivity contribution < 1.29 is 4.79 Å². The summed E-state index contributed by atoms with van der Waals surface area (Å²) >= 11 is 0. The van der Waals surface area contributed by atoms with Gasteiger partial charge in [0, 0.05) is 5.69 Å². The van der Waals surface area contributed by atoms with Crippen molar-refractivity contribution in [3.63, 3.8) is 0 Å². The van der Waals surface area contributed by atoms with E-state index in [4.69, 9.17) is 5.26 Å². The molecule has 23 heavy (non-hydrogen) atoms. The Morgan fingerprint density at radius 3 is 2.52 bits per heavy atom. The van der Waals surface area contributed by atoms with Gasteiger partial charge in [-0.05, 0) is 43.5 Å². The van der Waals surface area contributed by atoms with E-state index in [1.165, 1.54) is 0 Å². The number of hydrogen-bond acceptors (Lipinski definition) is 2. The zero-order valence-corrected chi connectivity index (χ0v) is 13.7. The first-order valence-electron chi connectivity index (χ1n) is 7.64.